The second-order valence-electron chi connectivity index (χ2n) is 18.2. The van der Waals surface area contributed by atoms with Crippen LogP contribution in [0.2, 0.25) is 0 Å². The molecule has 2 N–H and O–H groups in total. The topological polar surface area (TPSA) is 136 Å². The zero-order chi connectivity index (χ0) is 34.2. The zero-order valence-corrected chi connectivity index (χ0v) is 30.7. The van der Waals surface area contributed by atoms with Gasteiger partial charge in [0.2, 0.25) is 0 Å². The summed E-state index contributed by atoms with van der Waals surface area (Å²) >= 11 is 0. The summed E-state index contributed by atoms with van der Waals surface area (Å²) in [6, 6.07) is 2.63. The van der Waals surface area contributed by atoms with Crippen molar-refractivity contribution in [3.05, 3.63) is 23.3 Å². The van der Waals surface area contributed by atoms with Crippen LogP contribution in [0.1, 0.15) is 130 Å². The van der Waals surface area contributed by atoms with Crippen molar-refractivity contribution in [2.45, 2.75) is 143 Å². The number of benzene rings is 1. The maximum atomic E-state index is 11.9. The normalized spacial score (nSPS) is 45.6. The van der Waals surface area contributed by atoms with Crippen molar-refractivity contribution in [1.29, 1.82) is 0 Å². The minimum absolute atomic E-state index is 0.0151. The van der Waals surface area contributed by atoms with E-state index >= 15 is 0 Å². The van der Waals surface area contributed by atoms with Crippen LogP contribution in [-0.2, 0) is 37.4 Å². The first-order chi connectivity index (χ1) is 21.6. The third-order valence-corrected chi connectivity index (χ3v) is 16.3. The van der Waals surface area contributed by atoms with Crippen LogP contribution in [0.25, 0.3) is 0 Å². The average Bonchev–Trinajstić information content (AvgIpc) is 3.18. The van der Waals surface area contributed by atoms with Crippen molar-refractivity contribution in [2.24, 2.45) is 45.3 Å². The van der Waals surface area contributed by atoms with Crippen LogP contribution < -0.4 is 8.37 Å². The lowest BCUT2D eigenvalue weighted by Gasteiger charge is -2.69. The van der Waals surface area contributed by atoms with Crippen LogP contribution in [0.4, 0.5) is 0 Å². The lowest BCUT2D eigenvalue weighted by atomic mass is 9.36. The van der Waals surface area contributed by atoms with Crippen LogP contribution in [-0.4, -0.2) is 37.6 Å². The minimum atomic E-state index is -4.84. The van der Waals surface area contributed by atoms with Crippen molar-refractivity contribution in [3.8, 4) is 11.5 Å². The van der Waals surface area contributed by atoms with E-state index in [1.54, 1.807) is 0 Å². The third-order valence-electron chi connectivity index (χ3n) is 15.5. The summed E-state index contributed by atoms with van der Waals surface area (Å²) in [4.78, 5) is 0. The van der Waals surface area contributed by atoms with Gasteiger partial charge in [-0.3, -0.25) is 9.11 Å². The quantitative estimate of drug-likeness (QED) is 0.302. The molecule has 10 atom stereocenters. The van der Waals surface area contributed by atoms with Crippen LogP contribution in [0.15, 0.2) is 12.1 Å². The predicted octanol–water partition coefficient (Wildman–Crippen LogP) is 7.88. The van der Waals surface area contributed by atoms with Gasteiger partial charge in [0.15, 0.2) is 0 Å². The molecule has 1 aromatic carbocycles. The molecule has 11 heteroatoms. The lowest BCUT2D eigenvalue weighted by Crippen LogP contribution is -2.64. The summed E-state index contributed by atoms with van der Waals surface area (Å²) in [6.45, 7) is 16.9. The van der Waals surface area contributed by atoms with Crippen molar-refractivity contribution in [1.82, 2.24) is 0 Å². The van der Waals surface area contributed by atoms with Gasteiger partial charge < -0.3 is 13.1 Å². The Kier molecular flexibility index (Phi) is 7.49. The molecular weight excluding hydrogens is 641 g/mol. The summed E-state index contributed by atoms with van der Waals surface area (Å²) in [7, 11) is -9.66. The summed E-state index contributed by atoms with van der Waals surface area (Å²) in [5.41, 5.74) is 0.766. The molecule has 7 rings (SSSR count). The van der Waals surface area contributed by atoms with Crippen LogP contribution >= 0.6 is 0 Å². The van der Waals surface area contributed by atoms with Crippen LogP contribution in [0.3, 0.4) is 0 Å². The maximum Gasteiger partial charge on any atom is 0.446 e. The maximum absolute atomic E-state index is 11.9. The second-order valence-corrected chi connectivity index (χ2v) is 20.2. The number of ether oxygens (including phenoxy) is 1. The van der Waals surface area contributed by atoms with Gasteiger partial charge in [-0.25, -0.2) is 0 Å². The first kappa shape index (κ1) is 34.1. The summed E-state index contributed by atoms with van der Waals surface area (Å²) in [5.74, 6) is 1.49. The second kappa shape index (κ2) is 10.3. The van der Waals surface area contributed by atoms with Gasteiger partial charge in [0.25, 0.3) is 0 Å². The largest absolute Gasteiger partial charge is 0.446 e. The molecule has 3 unspecified atom stereocenters. The Morgan fingerprint density at radius 2 is 1.19 bits per heavy atom. The SMILES string of the molecule is CC1(C)CCC[C@]2(C)O[C@H]3CC[C@]4(C)C5CC[C@]6(C)c7c(OS(=O)(=O)O)ccc(OS(=O)(=O)O)c7CC6[C@]5(C)CCC4[C@]3(C)CC[C@@H]12. The standard InChI is InChI=1S/C36H54O9S2/c1-31(2)15-8-16-36(7)25(31)11-18-34(5)27-12-17-33(4)26(32(27,3)20-14-29(34)43-36)13-19-35(6)28(33)21-22-23(44-46(37,38)39)9-10-24(30(22)35)45-47(40,41)42/h9-10,25-29H,8,11-21H2,1-7H3,(H,37,38,39)(H,40,41,42)/t25-,26?,27?,28?,29-,32+,33+,34-,35-,36-/m0/s1. The summed E-state index contributed by atoms with van der Waals surface area (Å²) in [5, 5.41) is 0. The fourth-order valence-corrected chi connectivity index (χ4v) is 14.5. The predicted molar refractivity (Wildman–Crippen MR) is 178 cm³/mol. The Labute approximate surface area is 281 Å². The molecule has 6 aliphatic rings. The van der Waals surface area contributed by atoms with Crippen molar-refractivity contribution in [3.63, 3.8) is 0 Å². The zero-order valence-electron chi connectivity index (χ0n) is 29.1. The molecule has 0 spiro atoms. The van der Waals surface area contributed by atoms with Gasteiger partial charge in [0, 0.05) is 16.5 Å². The number of hydrogen-bond donors (Lipinski definition) is 2. The first-order valence-electron chi connectivity index (χ1n) is 17.7. The van der Waals surface area contributed by atoms with E-state index in [0.29, 0.717) is 35.3 Å². The molecule has 5 fully saturated rings. The Morgan fingerprint density at radius 1 is 0.660 bits per heavy atom. The van der Waals surface area contributed by atoms with E-state index in [9.17, 15) is 25.9 Å². The molecule has 47 heavy (non-hydrogen) atoms. The monoisotopic (exact) mass is 694 g/mol. The molecule has 5 aliphatic carbocycles. The summed E-state index contributed by atoms with van der Waals surface area (Å²) in [6.07, 6.45) is 12.7. The number of fused-ring (bicyclic) bond motifs is 10. The molecule has 0 aromatic heterocycles. The van der Waals surface area contributed by atoms with Gasteiger partial charge in [0.1, 0.15) is 11.5 Å². The Morgan fingerprint density at radius 3 is 1.87 bits per heavy atom. The molecule has 1 saturated heterocycles. The van der Waals surface area contributed by atoms with Gasteiger partial charge >= 0.3 is 20.8 Å². The Balaban J connectivity index is 1.25. The van der Waals surface area contributed by atoms with Gasteiger partial charge in [-0.05, 0) is 135 Å². The van der Waals surface area contributed by atoms with Crippen molar-refractivity contribution in [2.75, 3.05) is 0 Å². The van der Waals surface area contributed by atoms with E-state index in [0.717, 1.165) is 44.9 Å². The van der Waals surface area contributed by atoms with Gasteiger partial charge in [-0.1, -0.05) is 48.0 Å². The molecule has 0 bridgehead atoms. The molecule has 0 amide bonds. The van der Waals surface area contributed by atoms with Crippen LogP contribution in [0.5, 0.6) is 11.5 Å². The van der Waals surface area contributed by atoms with Crippen molar-refractivity contribution < 1.29 is 39.0 Å². The molecule has 1 aliphatic heterocycles. The molecule has 0 radical (unpaired) electrons. The van der Waals surface area contributed by atoms with E-state index in [1.807, 2.05) is 0 Å². The van der Waals surface area contributed by atoms with E-state index in [4.69, 9.17) is 13.1 Å². The molecule has 264 valence electrons. The smallest absolute Gasteiger partial charge is 0.371 e. The summed E-state index contributed by atoms with van der Waals surface area (Å²) < 4.78 is 84.4. The molecule has 9 nitrogen and oxygen atoms in total. The Hall–Kier alpha value is -1.40. The molecule has 4 saturated carbocycles. The number of hydrogen-bond acceptors (Lipinski definition) is 7. The average molecular weight is 695 g/mol. The fourth-order valence-electron chi connectivity index (χ4n) is 13.8. The van der Waals surface area contributed by atoms with E-state index < -0.39 is 26.2 Å². The first-order valence-corrected chi connectivity index (χ1v) is 20.5. The highest BCUT2D eigenvalue weighted by atomic mass is 32.3. The third kappa shape index (κ3) is 5.05. The van der Waals surface area contributed by atoms with Crippen LogP contribution in [0, 0.1) is 45.3 Å². The molecule has 1 heterocycles. The van der Waals surface area contributed by atoms with E-state index in [2.05, 4.69) is 48.5 Å². The highest BCUT2D eigenvalue weighted by Gasteiger charge is 2.69. The van der Waals surface area contributed by atoms with Crippen molar-refractivity contribution >= 4 is 20.8 Å². The number of rotatable bonds is 4. The highest BCUT2D eigenvalue weighted by molar-refractivity contribution is 7.81. The minimum Gasteiger partial charge on any atom is -0.371 e. The highest BCUT2D eigenvalue weighted by Crippen LogP contribution is 2.75. The fraction of sp³-hybridized carbons (Fsp3) is 0.833. The molecular formula is C36H54O9S2. The lowest BCUT2D eigenvalue weighted by molar-refractivity contribution is -0.240. The molecule has 1 aromatic rings. The van der Waals surface area contributed by atoms with E-state index in [1.165, 1.54) is 37.8 Å². The van der Waals surface area contributed by atoms with E-state index in [-0.39, 0.29) is 50.8 Å². The van der Waals surface area contributed by atoms with Gasteiger partial charge in [-0.2, -0.15) is 16.8 Å². The van der Waals surface area contributed by atoms with Gasteiger partial charge in [0.05, 0.1) is 11.7 Å². The van der Waals surface area contributed by atoms with Gasteiger partial charge in [-0.15, -0.1) is 0 Å². The Bertz CT molecular complexity index is 1690.